The zero-order chi connectivity index (χ0) is 16.7. The van der Waals surface area contributed by atoms with Gasteiger partial charge in [0.15, 0.2) is 10.8 Å². The van der Waals surface area contributed by atoms with E-state index in [1.807, 2.05) is 0 Å². The maximum absolute atomic E-state index is 13.7. The Balaban J connectivity index is 2.09. The van der Waals surface area contributed by atoms with Crippen LogP contribution >= 0.6 is 23.2 Å². The second kappa shape index (κ2) is 5.81. The van der Waals surface area contributed by atoms with Gasteiger partial charge in [-0.3, -0.25) is 4.57 Å². The molecule has 3 aromatic heterocycles. The zero-order valence-electron chi connectivity index (χ0n) is 12.0. The molecule has 0 saturated heterocycles. The smallest absolute Gasteiger partial charge is 0.169 e. The zero-order valence-corrected chi connectivity index (χ0v) is 13.5. The quantitative estimate of drug-likeness (QED) is 0.395. The van der Waals surface area contributed by atoms with Crippen LogP contribution < -0.4 is 0 Å². The van der Waals surface area contributed by atoms with E-state index in [4.69, 9.17) is 23.2 Å². The molecule has 0 unspecified atom stereocenters. The van der Waals surface area contributed by atoms with Crippen LogP contribution in [0, 0.1) is 5.82 Å². The predicted octanol–water partition coefficient (Wildman–Crippen LogP) is 4.32. The molecule has 8 heteroatoms. The molecule has 0 atom stereocenters. The van der Waals surface area contributed by atoms with Crippen molar-refractivity contribution in [2.75, 3.05) is 0 Å². The van der Waals surface area contributed by atoms with Crippen LogP contribution in [-0.4, -0.2) is 24.5 Å². The highest BCUT2D eigenvalue weighted by molar-refractivity contribution is 6.33. The van der Waals surface area contributed by atoms with Crippen molar-refractivity contribution >= 4 is 34.4 Å². The van der Waals surface area contributed by atoms with E-state index in [1.165, 1.54) is 18.5 Å². The standard InChI is InChI=1S/C16H8Cl2FN5/c17-12-7-11(4-5-20-12)24-15(9-2-1-3-10(19)6-9)23-13-14(18)21-8-22-16(13)24/h1-8H. The van der Waals surface area contributed by atoms with Gasteiger partial charge in [0.25, 0.3) is 0 Å². The first-order valence-electron chi connectivity index (χ1n) is 6.90. The molecule has 5 nitrogen and oxygen atoms in total. The summed E-state index contributed by atoms with van der Waals surface area (Å²) in [5, 5.41) is 0.538. The number of aromatic nitrogens is 5. The first kappa shape index (κ1) is 15.0. The number of rotatable bonds is 2. The Labute approximate surface area is 145 Å². The van der Waals surface area contributed by atoms with Gasteiger partial charge >= 0.3 is 0 Å². The van der Waals surface area contributed by atoms with E-state index in [0.717, 1.165) is 0 Å². The first-order chi connectivity index (χ1) is 11.6. The van der Waals surface area contributed by atoms with E-state index in [9.17, 15) is 4.39 Å². The molecule has 4 rings (SSSR count). The van der Waals surface area contributed by atoms with Crippen molar-refractivity contribution in [2.24, 2.45) is 0 Å². The van der Waals surface area contributed by atoms with Gasteiger partial charge in [0, 0.05) is 11.8 Å². The topological polar surface area (TPSA) is 56.5 Å². The van der Waals surface area contributed by atoms with Crippen molar-refractivity contribution in [2.45, 2.75) is 0 Å². The van der Waals surface area contributed by atoms with Crippen LogP contribution in [0.4, 0.5) is 4.39 Å². The van der Waals surface area contributed by atoms with Crippen LogP contribution in [0.2, 0.25) is 10.3 Å². The minimum Gasteiger partial charge on any atom is -0.276 e. The lowest BCUT2D eigenvalue weighted by Gasteiger charge is -2.09. The van der Waals surface area contributed by atoms with Crippen LogP contribution in [-0.2, 0) is 0 Å². The fraction of sp³-hybridized carbons (Fsp3) is 0. The number of hydrogen-bond acceptors (Lipinski definition) is 4. The van der Waals surface area contributed by atoms with Crippen LogP contribution in [0.1, 0.15) is 0 Å². The molecule has 1 aromatic carbocycles. The Bertz CT molecular complexity index is 1060. The Morgan fingerprint density at radius 2 is 1.88 bits per heavy atom. The van der Waals surface area contributed by atoms with Crippen molar-refractivity contribution in [3.8, 4) is 17.1 Å². The van der Waals surface area contributed by atoms with Crippen LogP contribution in [0.5, 0.6) is 0 Å². The lowest BCUT2D eigenvalue weighted by Crippen LogP contribution is -1.99. The number of hydrogen-bond donors (Lipinski definition) is 0. The number of fused-ring (bicyclic) bond motifs is 1. The molecule has 0 N–H and O–H groups in total. The van der Waals surface area contributed by atoms with Crippen LogP contribution in [0.15, 0.2) is 48.9 Å². The van der Waals surface area contributed by atoms with Gasteiger partial charge in [-0.25, -0.2) is 24.3 Å². The molecule has 118 valence electrons. The van der Waals surface area contributed by atoms with E-state index in [-0.39, 0.29) is 11.0 Å². The van der Waals surface area contributed by atoms with Crippen molar-refractivity contribution in [3.05, 3.63) is 65.0 Å². The summed E-state index contributed by atoms with van der Waals surface area (Å²) in [6, 6.07) is 9.55. The highest BCUT2D eigenvalue weighted by Crippen LogP contribution is 2.30. The van der Waals surface area contributed by atoms with Gasteiger partial charge in [-0.15, -0.1) is 0 Å². The van der Waals surface area contributed by atoms with Gasteiger partial charge in [-0.1, -0.05) is 35.3 Å². The second-order valence-electron chi connectivity index (χ2n) is 4.95. The summed E-state index contributed by atoms with van der Waals surface area (Å²) >= 11 is 12.1. The van der Waals surface area contributed by atoms with Crippen molar-refractivity contribution in [3.63, 3.8) is 0 Å². The molecular formula is C16H8Cl2FN5. The third kappa shape index (κ3) is 2.50. The number of imidazole rings is 1. The molecule has 4 aromatic rings. The Kier molecular flexibility index (Phi) is 3.63. The third-order valence-electron chi connectivity index (χ3n) is 3.45. The summed E-state index contributed by atoms with van der Waals surface area (Å²) in [7, 11) is 0. The van der Waals surface area contributed by atoms with E-state index in [2.05, 4.69) is 19.9 Å². The van der Waals surface area contributed by atoms with E-state index in [1.54, 1.807) is 35.0 Å². The molecule has 0 aliphatic heterocycles. The SMILES string of the molecule is Fc1cccc(-c2nc3c(Cl)ncnc3n2-c2ccnc(Cl)c2)c1. The molecule has 0 amide bonds. The lowest BCUT2D eigenvalue weighted by atomic mass is 10.2. The molecule has 3 heterocycles. The number of pyridine rings is 1. The monoisotopic (exact) mass is 359 g/mol. The molecule has 0 saturated carbocycles. The van der Waals surface area contributed by atoms with Crippen molar-refractivity contribution < 1.29 is 4.39 Å². The molecule has 0 radical (unpaired) electrons. The Hall–Kier alpha value is -2.57. The Morgan fingerprint density at radius 1 is 1.00 bits per heavy atom. The van der Waals surface area contributed by atoms with Gasteiger partial charge < -0.3 is 0 Å². The molecule has 0 bridgehead atoms. The molecule has 24 heavy (non-hydrogen) atoms. The fourth-order valence-electron chi connectivity index (χ4n) is 2.46. The molecular weight excluding hydrogens is 352 g/mol. The van der Waals surface area contributed by atoms with Crippen LogP contribution in [0.3, 0.4) is 0 Å². The van der Waals surface area contributed by atoms with Crippen molar-refractivity contribution in [1.82, 2.24) is 24.5 Å². The molecule has 0 fully saturated rings. The van der Waals surface area contributed by atoms with E-state index in [0.29, 0.717) is 33.4 Å². The van der Waals surface area contributed by atoms with Gasteiger partial charge in [-0.2, -0.15) is 0 Å². The second-order valence-corrected chi connectivity index (χ2v) is 5.70. The summed E-state index contributed by atoms with van der Waals surface area (Å²) in [6.07, 6.45) is 2.92. The molecule has 0 aliphatic rings. The minimum atomic E-state index is -0.365. The maximum Gasteiger partial charge on any atom is 0.169 e. The lowest BCUT2D eigenvalue weighted by molar-refractivity contribution is 0.628. The summed E-state index contributed by atoms with van der Waals surface area (Å²) in [4.78, 5) is 16.7. The minimum absolute atomic E-state index is 0.219. The summed E-state index contributed by atoms with van der Waals surface area (Å²) in [6.45, 7) is 0. The van der Waals surface area contributed by atoms with Gasteiger partial charge in [-0.05, 0) is 24.3 Å². The van der Waals surface area contributed by atoms with E-state index >= 15 is 0 Å². The average Bonchev–Trinajstić information content (AvgIpc) is 2.96. The first-order valence-corrected chi connectivity index (χ1v) is 7.66. The summed E-state index contributed by atoms with van der Waals surface area (Å²) in [5.41, 5.74) is 2.19. The number of nitrogens with zero attached hydrogens (tertiary/aromatic N) is 5. The van der Waals surface area contributed by atoms with Gasteiger partial charge in [0.05, 0.1) is 5.69 Å². The maximum atomic E-state index is 13.7. The number of halogens is 3. The van der Waals surface area contributed by atoms with Gasteiger partial charge in [0.2, 0.25) is 0 Å². The Morgan fingerprint density at radius 3 is 2.67 bits per heavy atom. The summed E-state index contributed by atoms with van der Waals surface area (Å²) < 4.78 is 15.4. The predicted molar refractivity (Wildman–Crippen MR) is 89.9 cm³/mol. The van der Waals surface area contributed by atoms with Crippen molar-refractivity contribution in [1.29, 1.82) is 0 Å². The highest BCUT2D eigenvalue weighted by Gasteiger charge is 2.18. The largest absolute Gasteiger partial charge is 0.276 e. The number of benzene rings is 1. The molecule has 0 spiro atoms. The van der Waals surface area contributed by atoms with Crippen LogP contribution in [0.25, 0.3) is 28.2 Å². The highest BCUT2D eigenvalue weighted by atomic mass is 35.5. The van der Waals surface area contributed by atoms with E-state index < -0.39 is 0 Å². The molecule has 0 aliphatic carbocycles. The summed E-state index contributed by atoms with van der Waals surface area (Å²) in [5.74, 6) is 0.116. The average molecular weight is 360 g/mol. The third-order valence-corrected chi connectivity index (χ3v) is 3.93. The fourth-order valence-corrected chi connectivity index (χ4v) is 2.80. The van der Waals surface area contributed by atoms with Gasteiger partial charge in [0.1, 0.15) is 28.6 Å². The normalized spacial score (nSPS) is 11.1.